The highest BCUT2D eigenvalue weighted by molar-refractivity contribution is 7.91. The van der Waals surface area contributed by atoms with E-state index in [9.17, 15) is 13.2 Å². The van der Waals surface area contributed by atoms with Gasteiger partial charge in [-0.2, -0.15) is 0 Å². The number of carbonyl (C=O) groups is 1. The summed E-state index contributed by atoms with van der Waals surface area (Å²) in [5.41, 5.74) is 0. The second kappa shape index (κ2) is 2.70. The number of sulfone groups is 1. The zero-order valence-electron chi connectivity index (χ0n) is 7.14. The van der Waals surface area contributed by atoms with Crippen molar-refractivity contribution < 1.29 is 18.3 Å². The summed E-state index contributed by atoms with van der Waals surface area (Å²) in [5, 5.41) is 8.55. The SMILES string of the molecule is O=C(O)CC1C2CCS(=O)(=O)CC21. The summed E-state index contributed by atoms with van der Waals surface area (Å²) in [5.74, 6) is 0.320. The number of fused-ring (bicyclic) bond motifs is 1. The second-order valence-corrected chi connectivity index (χ2v) is 6.22. The molecule has 1 N–H and O–H groups in total. The lowest BCUT2D eigenvalue weighted by atomic mass is 10.2. The Morgan fingerprint density at radius 2 is 2.08 bits per heavy atom. The first-order chi connectivity index (χ1) is 5.99. The molecule has 2 rings (SSSR count). The van der Waals surface area contributed by atoms with Crippen molar-refractivity contribution in [2.24, 2.45) is 17.8 Å². The quantitative estimate of drug-likeness (QED) is 0.694. The van der Waals surface area contributed by atoms with Gasteiger partial charge in [-0.25, -0.2) is 8.42 Å². The lowest BCUT2D eigenvalue weighted by Gasteiger charge is -2.07. The largest absolute Gasteiger partial charge is 0.481 e. The average molecular weight is 204 g/mol. The molecule has 0 amide bonds. The molecule has 0 aromatic carbocycles. The fourth-order valence-electron chi connectivity index (χ4n) is 2.40. The highest BCUT2D eigenvalue weighted by atomic mass is 32.2. The molecular weight excluding hydrogens is 192 g/mol. The molecule has 1 heterocycles. The van der Waals surface area contributed by atoms with Crippen LogP contribution in [-0.2, 0) is 14.6 Å². The van der Waals surface area contributed by atoms with Gasteiger partial charge >= 0.3 is 5.97 Å². The first-order valence-electron chi connectivity index (χ1n) is 4.42. The van der Waals surface area contributed by atoms with Gasteiger partial charge in [0, 0.05) is 6.42 Å². The first-order valence-corrected chi connectivity index (χ1v) is 6.24. The summed E-state index contributed by atoms with van der Waals surface area (Å²) >= 11 is 0. The molecular formula is C8H12O4S. The number of aliphatic carboxylic acids is 1. The summed E-state index contributed by atoms with van der Waals surface area (Å²) in [6.07, 6.45) is 0.815. The molecule has 0 spiro atoms. The fraction of sp³-hybridized carbons (Fsp3) is 0.875. The van der Waals surface area contributed by atoms with E-state index in [4.69, 9.17) is 5.11 Å². The van der Waals surface area contributed by atoms with E-state index in [1.165, 1.54) is 0 Å². The van der Waals surface area contributed by atoms with Crippen molar-refractivity contribution in [2.45, 2.75) is 12.8 Å². The summed E-state index contributed by atoms with van der Waals surface area (Å²) < 4.78 is 22.3. The number of carboxylic acids is 1. The van der Waals surface area contributed by atoms with Gasteiger partial charge in [0.25, 0.3) is 0 Å². The van der Waals surface area contributed by atoms with Gasteiger partial charge in [-0.15, -0.1) is 0 Å². The summed E-state index contributed by atoms with van der Waals surface area (Å²) in [6, 6.07) is 0. The van der Waals surface area contributed by atoms with E-state index >= 15 is 0 Å². The molecule has 0 radical (unpaired) electrons. The highest BCUT2D eigenvalue weighted by Crippen LogP contribution is 2.54. The van der Waals surface area contributed by atoms with Crippen LogP contribution in [-0.4, -0.2) is 31.0 Å². The van der Waals surface area contributed by atoms with Crippen LogP contribution >= 0.6 is 0 Å². The van der Waals surface area contributed by atoms with Gasteiger partial charge < -0.3 is 5.11 Å². The van der Waals surface area contributed by atoms with Crippen molar-refractivity contribution in [3.05, 3.63) is 0 Å². The fourth-order valence-corrected chi connectivity index (χ4v) is 4.28. The van der Waals surface area contributed by atoms with E-state index in [2.05, 4.69) is 0 Å². The molecule has 1 saturated heterocycles. The third-order valence-corrected chi connectivity index (χ3v) is 4.88. The molecule has 74 valence electrons. The zero-order chi connectivity index (χ0) is 9.64. The molecule has 2 fully saturated rings. The van der Waals surface area contributed by atoms with Crippen molar-refractivity contribution in [3.63, 3.8) is 0 Å². The van der Waals surface area contributed by atoms with Gasteiger partial charge in [-0.1, -0.05) is 0 Å². The lowest BCUT2D eigenvalue weighted by molar-refractivity contribution is -0.137. The van der Waals surface area contributed by atoms with Crippen LogP contribution in [0, 0.1) is 17.8 Å². The maximum atomic E-state index is 11.2. The van der Waals surface area contributed by atoms with Crippen LogP contribution < -0.4 is 0 Å². The smallest absolute Gasteiger partial charge is 0.303 e. The monoisotopic (exact) mass is 204 g/mol. The molecule has 1 aliphatic carbocycles. The zero-order valence-corrected chi connectivity index (χ0v) is 7.96. The number of rotatable bonds is 2. The van der Waals surface area contributed by atoms with E-state index in [0.29, 0.717) is 12.3 Å². The standard InChI is InChI=1S/C8H12O4S/c9-8(10)3-6-5-1-2-13(11,12)4-7(5)6/h5-7H,1-4H2,(H,9,10). The normalized spacial score (nSPS) is 40.8. The summed E-state index contributed by atoms with van der Waals surface area (Å²) in [6.45, 7) is 0. The predicted molar refractivity (Wildman–Crippen MR) is 46.0 cm³/mol. The second-order valence-electron chi connectivity index (χ2n) is 3.99. The third kappa shape index (κ3) is 1.70. The van der Waals surface area contributed by atoms with Gasteiger partial charge in [-0.3, -0.25) is 4.79 Å². The minimum Gasteiger partial charge on any atom is -0.481 e. The molecule has 4 nitrogen and oxygen atoms in total. The third-order valence-electron chi connectivity index (χ3n) is 3.13. The van der Waals surface area contributed by atoms with Crippen LogP contribution in [0.25, 0.3) is 0 Å². The van der Waals surface area contributed by atoms with Crippen LogP contribution in [0.5, 0.6) is 0 Å². The Balaban J connectivity index is 1.99. The van der Waals surface area contributed by atoms with Crippen molar-refractivity contribution in [1.82, 2.24) is 0 Å². The number of hydrogen-bond acceptors (Lipinski definition) is 3. The van der Waals surface area contributed by atoms with Gasteiger partial charge in [0.15, 0.2) is 9.84 Å². The minimum absolute atomic E-state index is 0.134. The molecule has 3 atom stereocenters. The number of hydrogen-bond donors (Lipinski definition) is 1. The molecule has 1 aliphatic heterocycles. The molecule has 0 aromatic rings. The van der Waals surface area contributed by atoms with Crippen molar-refractivity contribution in [1.29, 1.82) is 0 Å². The Hall–Kier alpha value is -0.580. The van der Waals surface area contributed by atoms with Crippen LogP contribution in [0.1, 0.15) is 12.8 Å². The van der Waals surface area contributed by atoms with E-state index < -0.39 is 15.8 Å². The topological polar surface area (TPSA) is 71.4 Å². The predicted octanol–water partition coefficient (Wildman–Crippen LogP) is 0.142. The van der Waals surface area contributed by atoms with Crippen LogP contribution in [0.2, 0.25) is 0 Å². The van der Waals surface area contributed by atoms with Crippen LogP contribution in [0.4, 0.5) is 0 Å². The lowest BCUT2D eigenvalue weighted by Crippen LogP contribution is -2.18. The van der Waals surface area contributed by atoms with Crippen LogP contribution in [0.15, 0.2) is 0 Å². The molecule has 1 saturated carbocycles. The Morgan fingerprint density at radius 1 is 1.38 bits per heavy atom. The highest BCUT2D eigenvalue weighted by Gasteiger charge is 2.54. The van der Waals surface area contributed by atoms with E-state index in [1.807, 2.05) is 0 Å². The molecule has 2 aliphatic rings. The van der Waals surface area contributed by atoms with Gasteiger partial charge in [0.2, 0.25) is 0 Å². The van der Waals surface area contributed by atoms with Gasteiger partial charge in [0.05, 0.1) is 11.5 Å². The maximum absolute atomic E-state index is 11.2. The summed E-state index contributed by atoms with van der Waals surface area (Å²) in [4.78, 5) is 10.4. The van der Waals surface area contributed by atoms with Crippen molar-refractivity contribution >= 4 is 15.8 Å². The minimum atomic E-state index is -2.85. The Morgan fingerprint density at radius 3 is 2.62 bits per heavy atom. The first kappa shape index (κ1) is 8.99. The molecule has 5 heteroatoms. The summed E-state index contributed by atoms with van der Waals surface area (Å²) in [7, 11) is -2.85. The Labute approximate surface area is 76.9 Å². The van der Waals surface area contributed by atoms with E-state index in [-0.39, 0.29) is 29.8 Å². The molecule has 0 aromatic heterocycles. The Kier molecular flexibility index (Phi) is 1.87. The van der Waals surface area contributed by atoms with Gasteiger partial charge in [-0.05, 0) is 24.2 Å². The maximum Gasteiger partial charge on any atom is 0.303 e. The van der Waals surface area contributed by atoms with Crippen molar-refractivity contribution in [3.8, 4) is 0 Å². The van der Waals surface area contributed by atoms with E-state index in [0.717, 1.165) is 0 Å². The Bertz CT molecular complexity index is 332. The van der Waals surface area contributed by atoms with Crippen LogP contribution in [0.3, 0.4) is 0 Å². The molecule has 0 bridgehead atoms. The van der Waals surface area contributed by atoms with Crippen molar-refractivity contribution in [2.75, 3.05) is 11.5 Å². The number of carboxylic acid groups (broad SMARTS) is 1. The molecule has 3 unspecified atom stereocenters. The average Bonchev–Trinajstić information content (AvgIpc) is 2.59. The van der Waals surface area contributed by atoms with Gasteiger partial charge in [0.1, 0.15) is 0 Å². The van der Waals surface area contributed by atoms with E-state index in [1.54, 1.807) is 0 Å². The molecule has 13 heavy (non-hydrogen) atoms.